The van der Waals surface area contributed by atoms with E-state index in [2.05, 4.69) is 5.10 Å². The molecule has 1 N–H and O–H groups in total. The van der Waals surface area contributed by atoms with Gasteiger partial charge in [0.1, 0.15) is 17.1 Å². The van der Waals surface area contributed by atoms with E-state index in [0.717, 1.165) is 41.8 Å². The van der Waals surface area contributed by atoms with Crippen molar-refractivity contribution in [3.05, 3.63) is 69.9 Å². The minimum absolute atomic E-state index is 0.116. The maximum absolute atomic E-state index is 13.2. The van der Waals surface area contributed by atoms with E-state index in [4.69, 9.17) is 4.42 Å². The second-order valence-electron chi connectivity index (χ2n) is 7.47. The number of fused-ring (bicyclic) bond motifs is 1. The quantitative estimate of drug-likeness (QED) is 0.716. The topological polar surface area (TPSA) is 88.6 Å². The van der Waals surface area contributed by atoms with E-state index in [0.29, 0.717) is 17.2 Å². The summed E-state index contributed by atoms with van der Waals surface area (Å²) in [7, 11) is 1.68. The first-order valence-corrected chi connectivity index (χ1v) is 9.61. The van der Waals surface area contributed by atoms with Gasteiger partial charge >= 0.3 is 5.97 Å². The molecule has 4 rings (SSSR count). The lowest BCUT2D eigenvalue weighted by Crippen LogP contribution is -2.27. The first kappa shape index (κ1) is 19.0. The van der Waals surface area contributed by atoms with Crippen molar-refractivity contribution < 1.29 is 19.1 Å². The van der Waals surface area contributed by atoms with Gasteiger partial charge in [0.25, 0.3) is 5.91 Å². The van der Waals surface area contributed by atoms with Crippen molar-refractivity contribution in [2.75, 3.05) is 7.05 Å². The summed E-state index contributed by atoms with van der Waals surface area (Å²) < 4.78 is 7.42. The van der Waals surface area contributed by atoms with Crippen molar-refractivity contribution >= 4 is 11.9 Å². The highest BCUT2D eigenvalue weighted by atomic mass is 16.4. The second-order valence-corrected chi connectivity index (χ2v) is 7.47. The van der Waals surface area contributed by atoms with Crippen molar-refractivity contribution in [2.24, 2.45) is 0 Å². The van der Waals surface area contributed by atoms with Crippen molar-refractivity contribution in [2.45, 2.75) is 39.7 Å². The summed E-state index contributed by atoms with van der Waals surface area (Å²) in [6.45, 7) is 3.82. The molecule has 7 heteroatoms. The number of aromatic carboxylic acids is 1. The number of carboxylic acids is 1. The molecule has 0 fully saturated rings. The molecule has 7 nitrogen and oxygen atoms in total. The van der Waals surface area contributed by atoms with E-state index in [1.807, 2.05) is 35.9 Å². The van der Waals surface area contributed by atoms with Crippen LogP contribution in [-0.4, -0.2) is 38.7 Å². The molecule has 1 aliphatic rings. The number of carboxylic acid groups (broad SMARTS) is 1. The van der Waals surface area contributed by atoms with Crippen LogP contribution in [0.15, 0.2) is 34.7 Å². The number of aromatic nitrogens is 2. The lowest BCUT2D eigenvalue weighted by Gasteiger charge is -2.15. The molecular formula is C22H23N3O4. The molecular weight excluding hydrogens is 370 g/mol. The number of para-hydroxylation sites is 1. The van der Waals surface area contributed by atoms with Crippen LogP contribution in [0.4, 0.5) is 0 Å². The predicted octanol–water partition coefficient (Wildman–Crippen LogP) is 3.54. The van der Waals surface area contributed by atoms with Crippen LogP contribution in [0.5, 0.6) is 0 Å². The Morgan fingerprint density at radius 1 is 1.24 bits per heavy atom. The molecule has 0 spiro atoms. The van der Waals surface area contributed by atoms with E-state index >= 15 is 0 Å². The van der Waals surface area contributed by atoms with Gasteiger partial charge in [-0.1, -0.05) is 18.2 Å². The predicted molar refractivity (Wildman–Crippen MR) is 107 cm³/mol. The number of hydrogen-bond acceptors (Lipinski definition) is 4. The maximum atomic E-state index is 13.2. The molecule has 29 heavy (non-hydrogen) atoms. The van der Waals surface area contributed by atoms with Gasteiger partial charge in [-0.2, -0.15) is 5.10 Å². The van der Waals surface area contributed by atoms with Crippen molar-refractivity contribution in [3.63, 3.8) is 0 Å². The molecule has 1 aromatic carbocycles. The minimum Gasteiger partial charge on any atom is -0.478 e. The van der Waals surface area contributed by atoms with Crippen LogP contribution in [0, 0.1) is 13.8 Å². The lowest BCUT2D eigenvalue weighted by atomic mass is 10.1. The van der Waals surface area contributed by atoms with E-state index < -0.39 is 5.97 Å². The Morgan fingerprint density at radius 3 is 2.69 bits per heavy atom. The van der Waals surface area contributed by atoms with Crippen LogP contribution in [-0.2, 0) is 19.4 Å². The smallest absolute Gasteiger partial charge is 0.339 e. The molecule has 2 aromatic heterocycles. The number of carbonyl (C=O) groups is 2. The molecule has 0 radical (unpaired) electrons. The van der Waals surface area contributed by atoms with Crippen LogP contribution in [0.3, 0.4) is 0 Å². The Morgan fingerprint density at radius 2 is 2.00 bits per heavy atom. The molecule has 0 saturated heterocycles. The minimum atomic E-state index is -1.04. The highest BCUT2D eigenvalue weighted by Crippen LogP contribution is 2.29. The summed E-state index contributed by atoms with van der Waals surface area (Å²) in [4.78, 5) is 25.9. The Kier molecular flexibility index (Phi) is 4.74. The fourth-order valence-electron chi connectivity index (χ4n) is 3.93. The number of rotatable bonds is 5. The molecule has 0 saturated carbocycles. The number of hydrogen-bond donors (Lipinski definition) is 1. The lowest BCUT2D eigenvalue weighted by molar-refractivity contribution is 0.0694. The highest BCUT2D eigenvalue weighted by molar-refractivity contribution is 5.94. The van der Waals surface area contributed by atoms with Gasteiger partial charge in [0.05, 0.1) is 12.2 Å². The molecule has 150 valence electrons. The van der Waals surface area contributed by atoms with Crippen LogP contribution in [0.2, 0.25) is 0 Å². The van der Waals surface area contributed by atoms with Gasteiger partial charge in [-0.3, -0.25) is 4.79 Å². The summed E-state index contributed by atoms with van der Waals surface area (Å²) in [6, 6.07) is 9.47. The molecule has 0 unspecified atom stereocenters. The third-order valence-electron chi connectivity index (χ3n) is 5.42. The van der Waals surface area contributed by atoms with Crippen molar-refractivity contribution in [1.82, 2.24) is 14.7 Å². The zero-order chi connectivity index (χ0) is 20.7. The highest BCUT2D eigenvalue weighted by Gasteiger charge is 2.29. The molecule has 3 aromatic rings. The molecule has 0 aliphatic heterocycles. The maximum Gasteiger partial charge on any atom is 0.339 e. The van der Waals surface area contributed by atoms with E-state index in [1.54, 1.807) is 14.0 Å². The Hall–Kier alpha value is -3.35. The SMILES string of the molecule is Cc1ccccc1-n1nc(C(=O)N(C)Cc2cc(C(=O)O)c(C)o2)c2c1CCC2. The normalized spacial score (nSPS) is 12.8. The number of amides is 1. The van der Waals surface area contributed by atoms with E-state index in [9.17, 15) is 14.7 Å². The van der Waals surface area contributed by atoms with Gasteiger partial charge < -0.3 is 14.4 Å². The van der Waals surface area contributed by atoms with Crippen LogP contribution in [0.1, 0.15) is 55.6 Å². The number of benzene rings is 1. The molecule has 2 heterocycles. The largest absolute Gasteiger partial charge is 0.478 e. The molecule has 1 aliphatic carbocycles. The standard InChI is InChI=1S/C22H23N3O4/c1-13-7-4-5-9-18(13)25-19-10-6-8-16(19)20(23-25)21(26)24(3)12-15-11-17(22(27)28)14(2)29-15/h4-5,7,9,11H,6,8,10,12H2,1-3H3,(H,27,28). The summed E-state index contributed by atoms with van der Waals surface area (Å²) in [5.74, 6) is -0.466. The number of furan rings is 1. The fraction of sp³-hybridized carbons (Fsp3) is 0.318. The summed E-state index contributed by atoms with van der Waals surface area (Å²) in [6.07, 6.45) is 2.73. The first-order chi connectivity index (χ1) is 13.9. The van der Waals surface area contributed by atoms with Crippen LogP contribution >= 0.6 is 0 Å². The second kappa shape index (κ2) is 7.24. The van der Waals surface area contributed by atoms with E-state index in [-0.39, 0.29) is 18.0 Å². The van der Waals surface area contributed by atoms with Crippen LogP contribution in [0.25, 0.3) is 5.69 Å². The summed E-state index contributed by atoms with van der Waals surface area (Å²) in [5.41, 5.74) is 4.77. The zero-order valence-corrected chi connectivity index (χ0v) is 16.7. The third-order valence-corrected chi connectivity index (χ3v) is 5.42. The third kappa shape index (κ3) is 3.33. The van der Waals surface area contributed by atoms with Gasteiger partial charge in [-0.05, 0) is 50.8 Å². The number of nitrogens with zero attached hydrogens (tertiary/aromatic N) is 3. The molecule has 0 atom stereocenters. The summed E-state index contributed by atoms with van der Waals surface area (Å²) in [5, 5.41) is 13.9. The zero-order valence-electron chi connectivity index (χ0n) is 16.7. The van der Waals surface area contributed by atoms with Crippen LogP contribution < -0.4 is 0 Å². The number of carbonyl (C=O) groups excluding carboxylic acids is 1. The summed E-state index contributed by atoms with van der Waals surface area (Å²) >= 11 is 0. The van der Waals surface area contributed by atoms with Gasteiger partial charge in [-0.25, -0.2) is 9.48 Å². The monoisotopic (exact) mass is 393 g/mol. The Balaban J connectivity index is 1.64. The molecule has 1 amide bonds. The average molecular weight is 393 g/mol. The number of aryl methyl sites for hydroxylation is 2. The van der Waals surface area contributed by atoms with Gasteiger partial charge in [0.15, 0.2) is 5.69 Å². The van der Waals surface area contributed by atoms with Gasteiger partial charge in [-0.15, -0.1) is 0 Å². The fourth-order valence-corrected chi connectivity index (χ4v) is 3.93. The van der Waals surface area contributed by atoms with Gasteiger partial charge in [0, 0.05) is 18.3 Å². The Labute approximate surface area is 168 Å². The van der Waals surface area contributed by atoms with Crippen molar-refractivity contribution in [3.8, 4) is 5.69 Å². The molecule has 0 bridgehead atoms. The first-order valence-electron chi connectivity index (χ1n) is 9.61. The van der Waals surface area contributed by atoms with E-state index in [1.165, 1.54) is 11.0 Å². The average Bonchev–Trinajstić information content (AvgIpc) is 3.37. The van der Waals surface area contributed by atoms with Gasteiger partial charge in [0.2, 0.25) is 0 Å². The Bertz CT molecular complexity index is 1110. The van der Waals surface area contributed by atoms with Crippen molar-refractivity contribution in [1.29, 1.82) is 0 Å².